The number of hydrogen-bond acceptors (Lipinski definition) is 1. The van der Waals surface area contributed by atoms with Crippen LogP contribution in [0.3, 0.4) is 0 Å². The molecule has 0 aliphatic heterocycles. The lowest BCUT2D eigenvalue weighted by Gasteiger charge is -2.29. The van der Waals surface area contributed by atoms with Gasteiger partial charge in [0.25, 0.3) is 0 Å². The molecular weight excluding hydrogens is 759 g/mol. The number of anilines is 3. The molecule has 0 aliphatic carbocycles. The third-order valence-electron chi connectivity index (χ3n) is 12.2. The van der Waals surface area contributed by atoms with Gasteiger partial charge >= 0.3 is 0 Å². The molecule has 0 saturated heterocycles. The van der Waals surface area contributed by atoms with E-state index >= 15 is 0 Å². The lowest BCUT2D eigenvalue weighted by atomic mass is 9.92. The van der Waals surface area contributed by atoms with Crippen LogP contribution in [0.4, 0.5) is 17.1 Å². The summed E-state index contributed by atoms with van der Waals surface area (Å²) in [7, 11) is 0. The Bertz CT molecular complexity index is 3310. The van der Waals surface area contributed by atoms with Crippen LogP contribution >= 0.6 is 0 Å². The SMILES string of the molecule is c1ccc(-c2cccc(-c3ccc(N(c4cccc(-c5cc6ccccc6c6ccccc56)c4)c4ccccc4-c4cc(-c5ccccc5)cc(-c5ccccc5)c4)cc3)c2)cc1. The highest BCUT2D eigenvalue weighted by Gasteiger charge is 2.20. The number of nitrogens with zero attached hydrogens (tertiary/aromatic N) is 1. The highest BCUT2D eigenvalue weighted by molar-refractivity contribution is 6.14. The maximum Gasteiger partial charge on any atom is 0.0540 e. The normalized spacial score (nSPS) is 11.2. The van der Waals surface area contributed by atoms with Gasteiger partial charge in [0, 0.05) is 16.9 Å². The molecule has 0 aromatic heterocycles. The first kappa shape index (κ1) is 37.7. The third kappa shape index (κ3) is 7.47. The van der Waals surface area contributed by atoms with E-state index in [-0.39, 0.29) is 0 Å². The first-order chi connectivity index (χ1) is 31.2. The second kappa shape index (κ2) is 16.7. The van der Waals surface area contributed by atoms with E-state index in [9.17, 15) is 0 Å². The molecule has 11 rings (SSSR count). The van der Waals surface area contributed by atoms with Gasteiger partial charge in [0.1, 0.15) is 0 Å². The van der Waals surface area contributed by atoms with Crippen molar-refractivity contribution < 1.29 is 0 Å². The van der Waals surface area contributed by atoms with E-state index in [0.717, 1.165) is 28.2 Å². The fraction of sp³-hybridized carbons (Fsp3) is 0. The number of fused-ring (bicyclic) bond motifs is 3. The summed E-state index contributed by atoms with van der Waals surface area (Å²) in [6, 6.07) is 94.8. The molecule has 0 saturated carbocycles. The van der Waals surface area contributed by atoms with Crippen molar-refractivity contribution in [3.05, 3.63) is 261 Å². The van der Waals surface area contributed by atoms with Gasteiger partial charge in [0.2, 0.25) is 0 Å². The summed E-state index contributed by atoms with van der Waals surface area (Å²) in [5.74, 6) is 0. The van der Waals surface area contributed by atoms with Gasteiger partial charge in [0.15, 0.2) is 0 Å². The fourth-order valence-corrected chi connectivity index (χ4v) is 9.14. The molecule has 1 heteroatoms. The second-order valence-corrected chi connectivity index (χ2v) is 16.1. The van der Waals surface area contributed by atoms with Crippen LogP contribution in [0, 0.1) is 0 Å². The van der Waals surface area contributed by atoms with E-state index in [1.165, 1.54) is 77.2 Å². The van der Waals surface area contributed by atoms with Gasteiger partial charge in [-0.2, -0.15) is 0 Å². The fourth-order valence-electron chi connectivity index (χ4n) is 9.14. The molecule has 1 nitrogen and oxygen atoms in total. The zero-order valence-electron chi connectivity index (χ0n) is 34.8. The van der Waals surface area contributed by atoms with Crippen LogP contribution in [0.5, 0.6) is 0 Å². The van der Waals surface area contributed by atoms with E-state index in [4.69, 9.17) is 0 Å². The van der Waals surface area contributed by atoms with Crippen molar-refractivity contribution in [2.75, 3.05) is 4.90 Å². The third-order valence-corrected chi connectivity index (χ3v) is 12.2. The quantitative estimate of drug-likeness (QED) is 0.131. The Balaban J connectivity index is 1.09. The van der Waals surface area contributed by atoms with Crippen LogP contribution in [-0.4, -0.2) is 0 Å². The molecule has 63 heavy (non-hydrogen) atoms. The number of benzene rings is 11. The molecule has 0 N–H and O–H groups in total. The molecule has 296 valence electrons. The molecule has 11 aromatic rings. The second-order valence-electron chi connectivity index (χ2n) is 16.1. The topological polar surface area (TPSA) is 3.24 Å². The van der Waals surface area contributed by atoms with Gasteiger partial charge in [-0.25, -0.2) is 0 Å². The first-order valence-electron chi connectivity index (χ1n) is 21.7. The molecule has 0 bridgehead atoms. The highest BCUT2D eigenvalue weighted by atomic mass is 15.1. The number of rotatable bonds is 9. The molecule has 0 spiro atoms. The van der Waals surface area contributed by atoms with Crippen molar-refractivity contribution in [1.82, 2.24) is 0 Å². The monoisotopic (exact) mass is 801 g/mol. The van der Waals surface area contributed by atoms with Gasteiger partial charge in [0.05, 0.1) is 5.69 Å². The summed E-state index contributed by atoms with van der Waals surface area (Å²) in [6.07, 6.45) is 0. The van der Waals surface area contributed by atoms with E-state index in [0.29, 0.717) is 0 Å². The Morgan fingerprint density at radius 1 is 0.206 bits per heavy atom. The van der Waals surface area contributed by atoms with Crippen molar-refractivity contribution in [3.8, 4) is 66.8 Å². The van der Waals surface area contributed by atoms with Gasteiger partial charge < -0.3 is 4.90 Å². The average molecular weight is 802 g/mol. The summed E-state index contributed by atoms with van der Waals surface area (Å²) in [4.78, 5) is 2.43. The molecular formula is C62H43N. The van der Waals surface area contributed by atoms with E-state index < -0.39 is 0 Å². The van der Waals surface area contributed by atoms with Crippen molar-refractivity contribution in [2.24, 2.45) is 0 Å². The van der Waals surface area contributed by atoms with Crippen molar-refractivity contribution >= 4 is 38.6 Å². The van der Waals surface area contributed by atoms with Gasteiger partial charge in [-0.05, 0) is 143 Å². The Morgan fingerprint density at radius 2 is 0.667 bits per heavy atom. The largest absolute Gasteiger partial charge is 0.310 e. The Hall–Kier alpha value is -8.26. The molecule has 0 radical (unpaired) electrons. The van der Waals surface area contributed by atoms with Crippen molar-refractivity contribution in [1.29, 1.82) is 0 Å². The zero-order chi connectivity index (χ0) is 42.0. The summed E-state index contributed by atoms with van der Waals surface area (Å²) < 4.78 is 0. The predicted octanol–water partition coefficient (Wildman–Crippen LogP) is 17.5. The summed E-state index contributed by atoms with van der Waals surface area (Å²) in [6.45, 7) is 0. The van der Waals surface area contributed by atoms with Crippen molar-refractivity contribution in [3.63, 3.8) is 0 Å². The van der Waals surface area contributed by atoms with E-state index in [2.05, 4.69) is 266 Å². The van der Waals surface area contributed by atoms with Gasteiger partial charge in [-0.1, -0.05) is 200 Å². The number of hydrogen-bond donors (Lipinski definition) is 0. The van der Waals surface area contributed by atoms with Crippen LogP contribution < -0.4 is 4.90 Å². The minimum Gasteiger partial charge on any atom is -0.310 e. The maximum atomic E-state index is 2.43. The van der Waals surface area contributed by atoms with Crippen LogP contribution in [0.15, 0.2) is 261 Å². The first-order valence-corrected chi connectivity index (χ1v) is 21.7. The molecule has 0 atom stereocenters. The van der Waals surface area contributed by atoms with Crippen LogP contribution in [-0.2, 0) is 0 Å². The van der Waals surface area contributed by atoms with Crippen molar-refractivity contribution in [2.45, 2.75) is 0 Å². The summed E-state index contributed by atoms with van der Waals surface area (Å²) in [5.41, 5.74) is 17.5. The Kier molecular flexibility index (Phi) is 9.97. The van der Waals surface area contributed by atoms with Gasteiger partial charge in [-0.15, -0.1) is 0 Å². The van der Waals surface area contributed by atoms with E-state index in [1.54, 1.807) is 0 Å². The van der Waals surface area contributed by atoms with Crippen LogP contribution in [0.25, 0.3) is 88.3 Å². The van der Waals surface area contributed by atoms with E-state index in [1.807, 2.05) is 0 Å². The highest BCUT2D eigenvalue weighted by Crippen LogP contribution is 2.45. The lowest BCUT2D eigenvalue weighted by molar-refractivity contribution is 1.28. The summed E-state index contributed by atoms with van der Waals surface area (Å²) in [5, 5.41) is 5.01. The zero-order valence-corrected chi connectivity index (χ0v) is 34.8. The molecule has 0 unspecified atom stereocenters. The average Bonchev–Trinajstić information content (AvgIpc) is 3.37. The minimum atomic E-state index is 1.08. The maximum absolute atomic E-state index is 2.43. The molecule has 0 aliphatic rings. The lowest BCUT2D eigenvalue weighted by Crippen LogP contribution is -2.11. The summed E-state index contributed by atoms with van der Waals surface area (Å²) >= 11 is 0. The standard InChI is InChI=1S/C62H43N/c1-4-18-44(19-5-1)48-25-16-26-49(38-48)47-34-36-55(37-35-47)63(56-28-17-27-50(42-56)61-43-51-24-10-11-29-57(51)59-31-12-13-32-60(59)61)62-33-15-14-30-58(62)54-40-52(45-20-6-2-7-21-45)39-53(41-54)46-22-8-3-9-23-46/h1-43H. The molecule has 0 amide bonds. The van der Waals surface area contributed by atoms with Crippen LogP contribution in [0.1, 0.15) is 0 Å². The molecule has 0 heterocycles. The number of para-hydroxylation sites is 1. The Morgan fingerprint density at radius 3 is 1.33 bits per heavy atom. The molecule has 0 fully saturated rings. The predicted molar refractivity (Wildman–Crippen MR) is 269 cm³/mol. The van der Waals surface area contributed by atoms with Gasteiger partial charge in [-0.3, -0.25) is 0 Å². The van der Waals surface area contributed by atoms with Crippen LogP contribution in [0.2, 0.25) is 0 Å². The Labute approximate surface area is 369 Å². The minimum absolute atomic E-state index is 1.08. The smallest absolute Gasteiger partial charge is 0.0540 e. The molecule has 11 aromatic carbocycles.